The van der Waals surface area contributed by atoms with Crippen LogP contribution in [0, 0.1) is 11.6 Å². The molecule has 5 heteroatoms. The summed E-state index contributed by atoms with van der Waals surface area (Å²) >= 11 is 0. The molecule has 1 unspecified atom stereocenters. The van der Waals surface area contributed by atoms with Gasteiger partial charge < -0.3 is 9.47 Å². The largest absolute Gasteiger partial charge is 0.494 e. The van der Waals surface area contributed by atoms with Gasteiger partial charge in [0, 0.05) is 17.6 Å². The molecule has 2 aromatic carbocycles. The van der Waals surface area contributed by atoms with E-state index in [2.05, 4.69) is 13.8 Å². The fraction of sp³-hybridized carbons (Fsp3) is 0.500. The first-order chi connectivity index (χ1) is 18.0. The Morgan fingerprint density at radius 1 is 0.730 bits per heavy atom. The molecule has 0 bridgehead atoms. The zero-order valence-corrected chi connectivity index (χ0v) is 22.3. The number of rotatable bonds is 16. The number of benzene rings is 2. The van der Waals surface area contributed by atoms with Crippen molar-refractivity contribution in [2.24, 2.45) is 0 Å². The van der Waals surface area contributed by atoms with Gasteiger partial charge in [-0.1, -0.05) is 95.6 Å². The van der Waals surface area contributed by atoms with Gasteiger partial charge in [-0.25, -0.2) is 8.78 Å². The second kappa shape index (κ2) is 14.9. The molecule has 202 valence electrons. The molecule has 3 rings (SSSR count). The summed E-state index contributed by atoms with van der Waals surface area (Å²) in [5.41, 5.74) is -1.60. The summed E-state index contributed by atoms with van der Waals surface area (Å²) < 4.78 is 57.8. The van der Waals surface area contributed by atoms with Gasteiger partial charge in [0.25, 0.3) is 0 Å². The lowest BCUT2D eigenvalue weighted by Crippen LogP contribution is -2.24. The van der Waals surface area contributed by atoms with Gasteiger partial charge in [0.2, 0.25) is 5.82 Å². The van der Waals surface area contributed by atoms with Crippen LogP contribution in [0.4, 0.5) is 13.2 Å². The molecule has 0 aliphatic heterocycles. The number of allylic oxidation sites excluding steroid dienone is 4. The van der Waals surface area contributed by atoms with Crippen molar-refractivity contribution >= 4 is 5.57 Å². The summed E-state index contributed by atoms with van der Waals surface area (Å²) in [6.07, 6.45) is 15.9. The van der Waals surface area contributed by atoms with E-state index in [0.29, 0.717) is 24.5 Å². The van der Waals surface area contributed by atoms with Crippen LogP contribution in [0.3, 0.4) is 0 Å². The van der Waals surface area contributed by atoms with Crippen molar-refractivity contribution in [1.82, 2.24) is 0 Å². The maximum Gasteiger partial charge on any atom is 0.201 e. The molecule has 2 aromatic rings. The zero-order valence-electron chi connectivity index (χ0n) is 22.3. The SMILES string of the molecule is CCCCCCCCOc1ccc(C2(F)CC=CC=C2c2ccc(OCCCCCC)c(F)c2F)cc1. The number of halogens is 3. The molecule has 0 saturated carbocycles. The number of unbranched alkanes of at least 4 members (excludes halogenated alkanes) is 8. The molecule has 0 radical (unpaired) electrons. The minimum Gasteiger partial charge on any atom is -0.494 e. The van der Waals surface area contributed by atoms with Crippen LogP contribution in [-0.4, -0.2) is 13.2 Å². The molecule has 0 fully saturated rings. The Balaban J connectivity index is 1.67. The molecule has 37 heavy (non-hydrogen) atoms. The predicted molar refractivity (Wildman–Crippen MR) is 146 cm³/mol. The van der Waals surface area contributed by atoms with E-state index >= 15 is 8.78 Å². The third kappa shape index (κ3) is 7.90. The lowest BCUT2D eigenvalue weighted by Gasteiger charge is -2.30. The van der Waals surface area contributed by atoms with Crippen molar-refractivity contribution in [2.45, 2.75) is 90.1 Å². The molecule has 0 aromatic heterocycles. The molecule has 1 aliphatic rings. The highest BCUT2D eigenvalue weighted by molar-refractivity contribution is 5.77. The first kappa shape index (κ1) is 28.9. The molecule has 0 heterocycles. The predicted octanol–water partition coefficient (Wildman–Crippen LogP) is 9.87. The van der Waals surface area contributed by atoms with Gasteiger partial charge in [0.05, 0.1) is 13.2 Å². The van der Waals surface area contributed by atoms with Gasteiger partial charge in [0.1, 0.15) is 5.75 Å². The Morgan fingerprint density at radius 3 is 2.05 bits per heavy atom. The van der Waals surface area contributed by atoms with Crippen LogP contribution in [0.1, 0.15) is 95.6 Å². The Kier molecular flexibility index (Phi) is 11.6. The maximum absolute atomic E-state index is 16.5. The smallest absolute Gasteiger partial charge is 0.201 e. The van der Waals surface area contributed by atoms with Crippen molar-refractivity contribution in [1.29, 1.82) is 0 Å². The summed E-state index contributed by atoms with van der Waals surface area (Å²) in [7, 11) is 0. The van der Waals surface area contributed by atoms with Gasteiger partial charge in [0.15, 0.2) is 17.2 Å². The molecule has 0 N–H and O–H groups in total. The average Bonchev–Trinajstić information content (AvgIpc) is 2.91. The Morgan fingerprint density at radius 2 is 1.35 bits per heavy atom. The standard InChI is InChI=1S/C32H41F3O2/c1-3-5-7-9-10-14-23-36-26-18-16-25(17-19-26)32(35)22-12-11-15-28(32)27-20-21-29(31(34)30(27)33)37-24-13-8-6-4-2/h11-12,15-21H,3-10,13-14,22-24H2,1-2H3. The van der Waals surface area contributed by atoms with Gasteiger partial charge in [-0.2, -0.15) is 4.39 Å². The topological polar surface area (TPSA) is 18.5 Å². The highest BCUT2D eigenvalue weighted by Crippen LogP contribution is 2.46. The van der Waals surface area contributed by atoms with Gasteiger partial charge in [-0.05, 0) is 42.7 Å². The highest BCUT2D eigenvalue weighted by Gasteiger charge is 2.39. The van der Waals surface area contributed by atoms with E-state index < -0.39 is 17.3 Å². The maximum atomic E-state index is 16.5. The molecular weight excluding hydrogens is 473 g/mol. The number of alkyl halides is 1. The second-order valence-electron chi connectivity index (χ2n) is 9.80. The van der Waals surface area contributed by atoms with Gasteiger partial charge in [-0.3, -0.25) is 0 Å². The zero-order chi connectivity index (χ0) is 26.5. The van der Waals surface area contributed by atoms with Crippen LogP contribution in [0.25, 0.3) is 5.57 Å². The van der Waals surface area contributed by atoms with E-state index in [-0.39, 0.29) is 23.3 Å². The van der Waals surface area contributed by atoms with E-state index in [1.807, 2.05) is 0 Å². The van der Waals surface area contributed by atoms with Crippen LogP contribution in [0.5, 0.6) is 11.5 Å². The minimum atomic E-state index is -1.98. The van der Waals surface area contributed by atoms with Crippen molar-refractivity contribution in [3.63, 3.8) is 0 Å². The summed E-state index contributed by atoms with van der Waals surface area (Å²) in [4.78, 5) is 0. The first-order valence-electron chi connectivity index (χ1n) is 13.9. The van der Waals surface area contributed by atoms with Crippen LogP contribution in [0.2, 0.25) is 0 Å². The summed E-state index contributed by atoms with van der Waals surface area (Å²) in [5.74, 6) is -1.63. The highest BCUT2D eigenvalue weighted by atomic mass is 19.2. The second-order valence-corrected chi connectivity index (χ2v) is 9.80. The van der Waals surface area contributed by atoms with Crippen LogP contribution in [-0.2, 0) is 5.67 Å². The van der Waals surface area contributed by atoms with Crippen LogP contribution < -0.4 is 9.47 Å². The quantitative estimate of drug-likeness (QED) is 0.208. The summed E-state index contributed by atoms with van der Waals surface area (Å²) in [6.45, 7) is 5.25. The van der Waals surface area contributed by atoms with Gasteiger partial charge >= 0.3 is 0 Å². The minimum absolute atomic E-state index is 0.0353. The number of ether oxygens (including phenoxy) is 2. The summed E-state index contributed by atoms with van der Waals surface area (Å²) in [6, 6.07) is 9.65. The Labute approximate surface area is 220 Å². The van der Waals surface area contributed by atoms with Crippen molar-refractivity contribution in [3.8, 4) is 11.5 Å². The third-order valence-corrected chi connectivity index (χ3v) is 6.90. The lowest BCUT2D eigenvalue weighted by molar-refractivity contribution is 0.247. The number of hydrogen-bond donors (Lipinski definition) is 0. The molecule has 2 nitrogen and oxygen atoms in total. The Hall–Kier alpha value is -2.69. The molecule has 1 aliphatic carbocycles. The number of hydrogen-bond acceptors (Lipinski definition) is 2. The van der Waals surface area contributed by atoms with Crippen molar-refractivity contribution < 1.29 is 22.6 Å². The van der Waals surface area contributed by atoms with E-state index in [4.69, 9.17) is 9.47 Å². The van der Waals surface area contributed by atoms with Gasteiger partial charge in [-0.15, -0.1) is 0 Å². The fourth-order valence-corrected chi connectivity index (χ4v) is 4.66. The molecule has 0 amide bonds. The molecule has 0 saturated heterocycles. The molecular formula is C32H41F3O2. The monoisotopic (exact) mass is 514 g/mol. The Bertz CT molecular complexity index is 1030. The first-order valence-corrected chi connectivity index (χ1v) is 13.9. The lowest BCUT2D eigenvalue weighted by atomic mass is 9.79. The average molecular weight is 515 g/mol. The molecule has 1 atom stereocenters. The van der Waals surface area contributed by atoms with Crippen LogP contribution in [0.15, 0.2) is 54.6 Å². The summed E-state index contributed by atoms with van der Waals surface area (Å²) in [5, 5.41) is 0. The molecule has 0 spiro atoms. The third-order valence-electron chi connectivity index (χ3n) is 6.90. The van der Waals surface area contributed by atoms with E-state index in [0.717, 1.165) is 38.5 Å². The van der Waals surface area contributed by atoms with E-state index in [1.54, 1.807) is 36.4 Å². The fourth-order valence-electron chi connectivity index (χ4n) is 4.66. The van der Waals surface area contributed by atoms with Crippen LogP contribution >= 0.6 is 0 Å². The van der Waals surface area contributed by atoms with E-state index in [9.17, 15) is 4.39 Å². The normalized spacial score (nSPS) is 17.1. The van der Waals surface area contributed by atoms with Crippen molar-refractivity contribution in [3.05, 3.63) is 77.4 Å². The van der Waals surface area contributed by atoms with E-state index in [1.165, 1.54) is 43.9 Å². The van der Waals surface area contributed by atoms with Crippen molar-refractivity contribution in [2.75, 3.05) is 13.2 Å².